The van der Waals surface area contributed by atoms with Crippen LogP contribution in [-0.4, -0.2) is 17.2 Å². The quantitative estimate of drug-likeness (QED) is 0.638. The van der Waals surface area contributed by atoms with E-state index >= 15 is 0 Å². The molecule has 0 aliphatic carbocycles. The zero-order chi connectivity index (χ0) is 11.6. The van der Waals surface area contributed by atoms with Crippen LogP contribution in [0.3, 0.4) is 0 Å². The second kappa shape index (κ2) is 4.32. The fourth-order valence-corrected chi connectivity index (χ4v) is 1.14. The minimum absolute atomic E-state index is 0.0702. The highest BCUT2D eigenvalue weighted by atomic mass is 35.5. The van der Waals surface area contributed by atoms with Gasteiger partial charge in [-0.2, -0.15) is 17.6 Å². The lowest BCUT2D eigenvalue weighted by molar-refractivity contribution is -0.147. The van der Waals surface area contributed by atoms with E-state index in [1.54, 1.807) is 0 Å². The lowest BCUT2D eigenvalue weighted by atomic mass is 10.1. The van der Waals surface area contributed by atoms with Crippen molar-refractivity contribution in [1.82, 2.24) is 4.98 Å². The zero-order valence-corrected chi connectivity index (χ0v) is 8.11. The van der Waals surface area contributed by atoms with Gasteiger partial charge < -0.3 is 5.73 Å². The third-order valence-corrected chi connectivity index (χ3v) is 1.95. The first-order valence-electron chi connectivity index (χ1n) is 3.93. The number of halogens is 5. The molecule has 0 amide bonds. The number of nitrogens with two attached hydrogens (primary N) is 1. The van der Waals surface area contributed by atoms with Crippen LogP contribution in [0.15, 0.2) is 12.3 Å². The van der Waals surface area contributed by atoms with Crippen molar-refractivity contribution >= 4 is 11.6 Å². The van der Waals surface area contributed by atoms with Crippen LogP contribution in [0.2, 0.25) is 5.02 Å². The van der Waals surface area contributed by atoms with Crippen LogP contribution < -0.4 is 5.73 Å². The van der Waals surface area contributed by atoms with Crippen LogP contribution >= 0.6 is 11.6 Å². The molecule has 1 heterocycles. The van der Waals surface area contributed by atoms with Gasteiger partial charge in [0.15, 0.2) is 0 Å². The Hall–Kier alpha value is -0.880. The normalized spacial score (nSPS) is 14.0. The monoisotopic (exact) mass is 242 g/mol. The highest BCUT2D eigenvalue weighted by Crippen LogP contribution is 2.23. The SMILES string of the molecule is NC(Cc1cc(Cl)cnc1F)C(F)(F)F. The van der Waals surface area contributed by atoms with E-state index in [2.05, 4.69) is 4.98 Å². The molecule has 0 aliphatic rings. The lowest BCUT2D eigenvalue weighted by Crippen LogP contribution is -2.39. The Balaban J connectivity index is 2.85. The Morgan fingerprint density at radius 1 is 1.47 bits per heavy atom. The van der Waals surface area contributed by atoms with E-state index in [0.29, 0.717) is 0 Å². The lowest BCUT2D eigenvalue weighted by Gasteiger charge is -2.15. The van der Waals surface area contributed by atoms with Crippen LogP contribution in [0.25, 0.3) is 0 Å². The molecule has 84 valence electrons. The van der Waals surface area contributed by atoms with Crippen molar-refractivity contribution in [3.05, 3.63) is 28.8 Å². The van der Waals surface area contributed by atoms with E-state index in [-0.39, 0.29) is 10.6 Å². The Labute approximate surface area is 88.1 Å². The Morgan fingerprint density at radius 3 is 2.60 bits per heavy atom. The minimum atomic E-state index is -4.56. The zero-order valence-electron chi connectivity index (χ0n) is 7.35. The topological polar surface area (TPSA) is 38.9 Å². The smallest absolute Gasteiger partial charge is 0.320 e. The van der Waals surface area contributed by atoms with Gasteiger partial charge in [-0.05, 0) is 6.07 Å². The van der Waals surface area contributed by atoms with E-state index in [0.717, 1.165) is 12.3 Å². The first-order valence-corrected chi connectivity index (χ1v) is 4.30. The summed E-state index contributed by atoms with van der Waals surface area (Å²) in [5.41, 5.74) is 4.60. The predicted molar refractivity (Wildman–Crippen MR) is 46.9 cm³/mol. The molecule has 0 bridgehead atoms. The molecule has 0 fully saturated rings. The molecule has 0 saturated carbocycles. The number of hydrogen-bond acceptors (Lipinski definition) is 2. The van der Waals surface area contributed by atoms with Crippen LogP contribution in [0.5, 0.6) is 0 Å². The molecule has 1 rings (SSSR count). The second-order valence-electron chi connectivity index (χ2n) is 2.96. The van der Waals surface area contributed by atoms with Crippen LogP contribution in [-0.2, 0) is 6.42 Å². The summed E-state index contributed by atoms with van der Waals surface area (Å²) in [6, 6.07) is -1.04. The largest absolute Gasteiger partial charge is 0.403 e. The number of aromatic nitrogens is 1. The van der Waals surface area contributed by atoms with Gasteiger partial charge in [-0.15, -0.1) is 0 Å². The van der Waals surface area contributed by atoms with Crippen LogP contribution in [0.1, 0.15) is 5.56 Å². The molecule has 1 unspecified atom stereocenters. The number of alkyl halides is 3. The molecule has 2 nitrogen and oxygen atoms in total. The van der Waals surface area contributed by atoms with Crippen molar-refractivity contribution in [3.8, 4) is 0 Å². The summed E-state index contributed by atoms with van der Waals surface area (Å²) in [7, 11) is 0. The van der Waals surface area contributed by atoms with Gasteiger partial charge in [0, 0.05) is 18.2 Å². The molecule has 1 aromatic rings. The summed E-state index contributed by atoms with van der Waals surface area (Å²) in [6.45, 7) is 0. The second-order valence-corrected chi connectivity index (χ2v) is 3.39. The summed E-state index contributed by atoms with van der Waals surface area (Å²) in [5, 5.41) is 0.0702. The van der Waals surface area contributed by atoms with Crippen LogP contribution in [0, 0.1) is 5.95 Å². The molecule has 0 aromatic carbocycles. The summed E-state index contributed by atoms with van der Waals surface area (Å²) in [5.74, 6) is -0.987. The number of rotatable bonds is 2. The van der Waals surface area contributed by atoms with Crippen molar-refractivity contribution in [2.75, 3.05) is 0 Å². The van der Waals surface area contributed by atoms with Gasteiger partial charge in [-0.25, -0.2) is 4.98 Å². The maximum Gasteiger partial charge on any atom is 0.403 e. The average Bonchev–Trinajstić information content (AvgIpc) is 2.09. The molecule has 7 heteroatoms. The molecule has 1 aromatic heterocycles. The van der Waals surface area contributed by atoms with Gasteiger partial charge in [0.05, 0.1) is 5.02 Å². The maximum absolute atomic E-state index is 12.9. The van der Waals surface area contributed by atoms with E-state index in [1.807, 2.05) is 0 Å². The third-order valence-electron chi connectivity index (χ3n) is 1.74. The molecule has 0 aliphatic heterocycles. The van der Waals surface area contributed by atoms with Gasteiger partial charge in [0.2, 0.25) is 5.95 Å². The third kappa shape index (κ3) is 3.32. The molecule has 15 heavy (non-hydrogen) atoms. The Kier molecular flexibility index (Phi) is 3.51. The molecule has 0 spiro atoms. The van der Waals surface area contributed by atoms with Crippen molar-refractivity contribution in [3.63, 3.8) is 0 Å². The van der Waals surface area contributed by atoms with Crippen molar-refractivity contribution in [2.24, 2.45) is 5.73 Å². The van der Waals surface area contributed by atoms with E-state index in [9.17, 15) is 17.6 Å². The van der Waals surface area contributed by atoms with Crippen molar-refractivity contribution < 1.29 is 17.6 Å². The van der Waals surface area contributed by atoms with Gasteiger partial charge in [-0.1, -0.05) is 11.6 Å². The Bertz CT molecular complexity index is 353. The first kappa shape index (κ1) is 12.2. The van der Waals surface area contributed by atoms with E-state index in [1.165, 1.54) is 0 Å². The fourth-order valence-electron chi connectivity index (χ4n) is 0.960. The molecule has 0 radical (unpaired) electrons. The predicted octanol–water partition coefficient (Wildman–Crippen LogP) is 2.31. The number of hydrogen-bond donors (Lipinski definition) is 1. The highest BCUT2D eigenvalue weighted by Gasteiger charge is 2.37. The van der Waals surface area contributed by atoms with Crippen LogP contribution in [0.4, 0.5) is 17.6 Å². The van der Waals surface area contributed by atoms with E-state index in [4.69, 9.17) is 17.3 Å². The summed E-state index contributed by atoms with van der Waals surface area (Å²) in [6.07, 6.45) is -4.23. The van der Waals surface area contributed by atoms with Gasteiger partial charge >= 0.3 is 6.18 Å². The first-order chi connectivity index (χ1) is 6.80. The molecule has 1 atom stereocenters. The summed E-state index contributed by atoms with van der Waals surface area (Å²) in [4.78, 5) is 3.19. The van der Waals surface area contributed by atoms with Crippen molar-refractivity contribution in [1.29, 1.82) is 0 Å². The van der Waals surface area contributed by atoms with Gasteiger partial charge in [-0.3, -0.25) is 0 Å². The molecular formula is C8H7ClF4N2. The number of nitrogens with zero attached hydrogens (tertiary/aromatic N) is 1. The minimum Gasteiger partial charge on any atom is -0.320 e. The summed E-state index contributed by atoms with van der Waals surface area (Å²) >= 11 is 5.46. The van der Waals surface area contributed by atoms with Crippen molar-refractivity contribution in [2.45, 2.75) is 18.6 Å². The molecule has 2 N–H and O–H groups in total. The number of pyridine rings is 1. The Morgan fingerprint density at radius 2 is 2.07 bits per heavy atom. The summed E-state index contributed by atoms with van der Waals surface area (Å²) < 4.78 is 49.1. The standard InChI is InChI=1S/C8H7ClF4N2/c9-5-1-4(7(10)15-3-5)2-6(14)8(11,12)13/h1,3,6H,2,14H2. The molecular weight excluding hydrogens is 236 g/mol. The fraction of sp³-hybridized carbons (Fsp3) is 0.375. The molecule has 0 saturated heterocycles. The highest BCUT2D eigenvalue weighted by molar-refractivity contribution is 6.30. The average molecular weight is 243 g/mol. The van der Waals surface area contributed by atoms with Gasteiger partial charge in [0.1, 0.15) is 6.04 Å². The van der Waals surface area contributed by atoms with Gasteiger partial charge in [0.25, 0.3) is 0 Å². The van der Waals surface area contributed by atoms with E-state index < -0.39 is 24.6 Å². The maximum atomic E-state index is 12.9.